The third-order valence-corrected chi connectivity index (χ3v) is 3.12. The molecule has 2 rings (SSSR count). The number of halogens is 3. The summed E-state index contributed by atoms with van der Waals surface area (Å²) in [6.07, 6.45) is -1.37. The fraction of sp³-hybridized carbons (Fsp3) is 0.500. The van der Waals surface area contributed by atoms with Crippen LogP contribution in [0.3, 0.4) is 0 Å². The number of benzene rings is 1. The molecule has 1 saturated carbocycles. The van der Waals surface area contributed by atoms with Crippen molar-refractivity contribution in [3.8, 4) is 0 Å². The fourth-order valence-electron chi connectivity index (χ4n) is 1.96. The van der Waals surface area contributed by atoms with Crippen molar-refractivity contribution < 1.29 is 22.7 Å². The standard InChI is InChI=1S/C14H17F3N2O2/c1-12(2,3)21-11(20)19-8-4-5-10(15)9(6-8)13(18)7-14(13,16)17/h4-6H,7,18H2,1-3H3,(H,19,20). The Bertz CT molecular complexity index is 584. The summed E-state index contributed by atoms with van der Waals surface area (Å²) in [7, 11) is 0. The van der Waals surface area contributed by atoms with E-state index in [0.717, 1.165) is 12.1 Å². The SMILES string of the molecule is CC(C)(C)OC(=O)Nc1ccc(F)c(C2(N)CC2(F)F)c1. The highest BCUT2D eigenvalue weighted by Crippen LogP contribution is 2.58. The lowest BCUT2D eigenvalue weighted by atomic mass is 10.0. The molecule has 0 heterocycles. The average Bonchev–Trinajstić information content (AvgIpc) is 2.79. The molecule has 1 aromatic rings. The van der Waals surface area contributed by atoms with Crippen molar-refractivity contribution in [2.24, 2.45) is 5.73 Å². The van der Waals surface area contributed by atoms with Crippen molar-refractivity contribution in [1.82, 2.24) is 0 Å². The summed E-state index contributed by atoms with van der Waals surface area (Å²) in [5.74, 6) is -3.97. The number of nitrogens with one attached hydrogen (secondary N) is 1. The first-order valence-electron chi connectivity index (χ1n) is 6.41. The van der Waals surface area contributed by atoms with Gasteiger partial charge < -0.3 is 10.5 Å². The molecule has 21 heavy (non-hydrogen) atoms. The van der Waals surface area contributed by atoms with Crippen LogP contribution in [0.25, 0.3) is 0 Å². The molecule has 1 fully saturated rings. The van der Waals surface area contributed by atoms with Crippen molar-refractivity contribution in [1.29, 1.82) is 0 Å². The van der Waals surface area contributed by atoms with Gasteiger partial charge in [0, 0.05) is 17.7 Å². The quantitative estimate of drug-likeness (QED) is 0.880. The number of rotatable bonds is 2. The Kier molecular flexibility index (Phi) is 3.44. The largest absolute Gasteiger partial charge is 0.444 e. The van der Waals surface area contributed by atoms with E-state index in [1.54, 1.807) is 20.8 Å². The van der Waals surface area contributed by atoms with E-state index in [2.05, 4.69) is 5.32 Å². The highest BCUT2D eigenvalue weighted by molar-refractivity contribution is 5.85. The molecular formula is C14H17F3N2O2. The first-order valence-corrected chi connectivity index (χ1v) is 6.41. The zero-order chi connectivity index (χ0) is 16.1. The van der Waals surface area contributed by atoms with E-state index in [0.29, 0.717) is 0 Å². The van der Waals surface area contributed by atoms with Crippen molar-refractivity contribution >= 4 is 11.8 Å². The molecule has 0 radical (unpaired) electrons. The fourth-order valence-corrected chi connectivity index (χ4v) is 1.96. The summed E-state index contributed by atoms with van der Waals surface area (Å²) >= 11 is 0. The lowest BCUT2D eigenvalue weighted by molar-refractivity contribution is 0.0636. The van der Waals surface area contributed by atoms with Gasteiger partial charge in [0.15, 0.2) is 0 Å². The lowest BCUT2D eigenvalue weighted by Gasteiger charge is -2.20. The molecule has 1 aromatic carbocycles. The van der Waals surface area contributed by atoms with E-state index >= 15 is 0 Å². The van der Waals surface area contributed by atoms with Crippen LogP contribution in [0.15, 0.2) is 18.2 Å². The molecule has 0 saturated heterocycles. The van der Waals surface area contributed by atoms with Gasteiger partial charge in [0.2, 0.25) is 0 Å². The smallest absolute Gasteiger partial charge is 0.412 e. The summed E-state index contributed by atoms with van der Waals surface area (Å²) in [6, 6.07) is 3.36. The average molecular weight is 302 g/mol. The molecule has 1 amide bonds. The Hall–Kier alpha value is -1.76. The second-order valence-electron chi connectivity index (χ2n) is 6.17. The van der Waals surface area contributed by atoms with E-state index < -0.39 is 35.4 Å². The monoisotopic (exact) mass is 302 g/mol. The van der Waals surface area contributed by atoms with Crippen LogP contribution in [0, 0.1) is 5.82 Å². The molecule has 1 aliphatic carbocycles. The molecule has 1 aliphatic rings. The summed E-state index contributed by atoms with van der Waals surface area (Å²) in [6.45, 7) is 5.05. The van der Waals surface area contributed by atoms with E-state index in [1.807, 2.05) is 0 Å². The Balaban J connectivity index is 2.19. The highest BCUT2D eigenvalue weighted by Gasteiger charge is 2.70. The van der Waals surface area contributed by atoms with Gasteiger partial charge in [0.05, 0.1) is 0 Å². The maximum Gasteiger partial charge on any atom is 0.412 e. The molecular weight excluding hydrogens is 285 g/mol. The van der Waals surface area contributed by atoms with Crippen molar-refractivity contribution in [2.45, 2.75) is 44.3 Å². The number of hydrogen-bond acceptors (Lipinski definition) is 3. The molecule has 0 spiro atoms. The topological polar surface area (TPSA) is 64.3 Å². The van der Waals surface area contributed by atoms with Gasteiger partial charge >= 0.3 is 6.09 Å². The normalized spacial score (nSPS) is 23.6. The minimum atomic E-state index is -3.14. The Morgan fingerprint density at radius 1 is 1.38 bits per heavy atom. The van der Waals surface area contributed by atoms with E-state index in [1.165, 1.54) is 6.07 Å². The van der Waals surface area contributed by atoms with Crippen LogP contribution < -0.4 is 11.1 Å². The predicted molar refractivity (Wildman–Crippen MR) is 71.7 cm³/mol. The maximum absolute atomic E-state index is 13.7. The minimum absolute atomic E-state index is 0.146. The van der Waals surface area contributed by atoms with Crippen LogP contribution >= 0.6 is 0 Å². The number of amides is 1. The Morgan fingerprint density at radius 2 is 1.95 bits per heavy atom. The third kappa shape index (κ3) is 3.12. The zero-order valence-corrected chi connectivity index (χ0v) is 12.0. The summed E-state index contributed by atoms with van der Waals surface area (Å²) in [5, 5.41) is 2.37. The first kappa shape index (κ1) is 15.6. The molecule has 0 bridgehead atoms. The van der Waals surface area contributed by atoms with Crippen molar-refractivity contribution in [2.75, 3.05) is 5.32 Å². The Labute approximate surface area is 120 Å². The molecule has 7 heteroatoms. The van der Waals surface area contributed by atoms with Crippen LogP contribution in [0.4, 0.5) is 23.7 Å². The zero-order valence-electron chi connectivity index (χ0n) is 12.0. The molecule has 3 N–H and O–H groups in total. The van der Waals surface area contributed by atoms with Crippen molar-refractivity contribution in [3.63, 3.8) is 0 Å². The molecule has 0 aliphatic heterocycles. The third-order valence-electron chi connectivity index (χ3n) is 3.12. The molecule has 1 atom stereocenters. The van der Waals surface area contributed by atoms with E-state index in [9.17, 15) is 18.0 Å². The molecule has 1 unspecified atom stereocenters. The number of nitrogens with two attached hydrogens (primary N) is 1. The van der Waals surface area contributed by atoms with Crippen LogP contribution in [-0.4, -0.2) is 17.6 Å². The summed E-state index contributed by atoms with van der Waals surface area (Å²) in [4.78, 5) is 11.6. The highest BCUT2D eigenvalue weighted by atomic mass is 19.3. The number of carbonyl (C=O) groups excluding carboxylic acids is 1. The number of hydrogen-bond donors (Lipinski definition) is 2. The van der Waals surface area contributed by atoms with Gasteiger partial charge in [-0.2, -0.15) is 0 Å². The number of carbonyl (C=O) groups is 1. The van der Waals surface area contributed by atoms with Gasteiger partial charge in [-0.3, -0.25) is 5.32 Å². The van der Waals surface area contributed by atoms with Crippen LogP contribution in [0.5, 0.6) is 0 Å². The number of anilines is 1. The van der Waals surface area contributed by atoms with Gasteiger partial charge in [-0.25, -0.2) is 18.0 Å². The van der Waals surface area contributed by atoms with Crippen molar-refractivity contribution in [3.05, 3.63) is 29.6 Å². The van der Waals surface area contributed by atoms with E-state index in [-0.39, 0.29) is 11.3 Å². The maximum atomic E-state index is 13.7. The second kappa shape index (κ2) is 4.62. The van der Waals surface area contributed by atoms with Gasteiger partial charge in [-0.15, -0.1) is 0 Å². The van der Waals surface area contributed by atoms with Crippen LogP contribution in [0.1, 0.15) is 32.8 Å². The number of alkyl halides is 2. The number of ether oxygens (including phenoxy) is 1. The van der Waals surface area contributed by atoms with Gasteiger partial charge in [-0.1, -0.05) is 0 Å². The minimum Gasteiger partial charge on any atom is -0.444 e. The first-order chi connectivity index (χ1) is 9.45. The Morgan fingerprint density at radius 3 is 2.43 bits per heavy atom. The molecule has 0 aromatic heterocycles. The second-order valence-corrected chi connectivity index (χ2v) is 6.17. The summed E-state index contributed by atoms with van der Waals surface area (Å²) < 4.78 is 45.2. The molecule has 4 nitrogen and oxygen atoms in total. The predicted octanol–water partition coefficient (Wildman–Crippen LogP) is 3.37. The van der Waals surface area contributed by atoms with Crippen LogP contribution in [-0.2, 0) is 10.3 Å². The lowest BCUT2D eigenvalue weighted by Crippen LogP contribution is -2.29. The van der Waals surface area contributed by atoms with E-state index in [4.69, 9.17) is 10.5 Å². The molecule has 116 valence electrons. The van der Waals surface area contributed by atoms with Gasteiger partial charge in [-0.05, 0) is 39.0 Å². The van der Waals surface area contributed by atoms with Gasteiger partial charge in [0.25, 0.3) is 5.92 Å². The summed E-state index contributed by atoms with van der Waals surface area (Å²) in [5.41, 5.74) is 2.63. The van der Waals surface area contributed by atoms with Crippen LogP contribution in [0.2, 0.25) is 0 Å². The van der Waals surface area contributed by atoms with Gasteiger partial charge in [0.1, 0.15) is 17.0 Å².